The Balaban J connectivity index is 1.89. The Labute approximate surface area is 136 Å². The van der Waals surface area contributed by atoms with E-state index in [0.29, 0.717) is 13.1 Å². The molecule has 0 aromatic heterocycles. The van der Waals surface area contributed by atoms with Crippen molar-refractivity contribution in [3.8, 4) is 0 Å². The van der Waals surface area contributed by atoms with E-state index in [1.807, 2.05) is 49.3 Å². The van der Waals surface area contributed by atoms with Crippen molar-refractivity contribution in [1.29, 1.82) is 0 Å². The molecular formula is C17H25N3O3. The SMILES string of the molecule is CN(C)CCNC(=O)C(=O)NCC(O)(c1ccccc1)C1CC1. The summed E-state index contributed by atoms with van der Waals surface area (Å²) in [6, 6.07) is 9.30. The third kappa shape index (κ3) is 4.77. The molecule has 6 heteroatoms. The lowest BCUT2D eigenvalue weighted by atomic mass is 9.88. The number of nitrogens with one attached hydrogen (secondary N) is 2. The Bertz CT molecular complexity index is 543. The first-order valence-electron chi connectivity index (χ1n) is 7.92. The lowest BCUT2D eigenvalue weighted by molar-refractivity contribution is -0.140. The van der Waals surface area contributed by atoms with Gasteiger partial charge in [0.15, 0.2) is 0 Å². The molecule has 0 bridgehead atoms. The van der Waals surface area contributed by atoms with Gasteiger partial charge in [-0.05, 0) is 38.4 Å². The van der Waals surface area contributed by atoms with Crippen molar-refractivity contribution in [2.24, 2.45) is 5.92 Å². The van der Waals surface area contributed by atoms with Crippen LogP contribution in [-0.2, 0) is 15.2 Å². The zero-order valence-electron chi connectivity index (χ0n) is 13.7. The van der Waals surface area contributed by atoms with E-state index in [1.54, 1.807) is 0 Å². The predicted molar refractivity (Wildman–Crippen MR) is 87.6 cm³/mol. The van der Waals surface area contributed by atoms with E-state index in [9.17, 15) is 14.7 Å². The van der Waals surface area contributed by atoms with E-state index in [-0.39, 0.29) is 12.5 Å². The van der Waals surface area contributed by atoms with Crippen LogP contribution in [0.5, 0.6) is 0 Å². The lowest BCUT2D eigenvalue weighted by Gasteiger charge is -2.29. The van der Waals surface area contributed by atoms with Gasteiger partial charge >= 0.3 is 11.8 Å². The molecule has 2 amide bonds. The van der Waals surface area contributed by atoms with Gasteiger partial charge in [-0.15, -0.1) is 0 Å². The summed E-state index contributed by atoms with van der Waals surface area (Å²) < 4.78 is 0. The Morgan fingerprint density at radius 2 is 1.78 bits per heavy atom. The molecule has 1 aliphatic rings. The maximum Gasteiger partial charge on any atom is 0.309 e. The van der Waals surface area contributed by atoms with Crippen molar-refractivity contribution in [3.63, 3.8) is 0 Å². The van der Waals surface area contributed by atoms with Crippen molar-refractivity contribution < 1.29 is 14.7 Å². The fourth-order valence-electron chi connectivity index (χ4n) is 2.54. The number of aliphatic hydroxyl groups is 1. The number of carbonyl (C=O) groups excluding carboxylic acids is 2. The number of nitrogens with zero attached hydrogens (tertiary/aromatic N) is 1. The number of benzene rings is 1. The third-order valence-electron chi connectivity index (χ3n) is 4.10. The van der Waals surface area contributed by atoms with Crippen LogP contribution >= 0.6 is 0 Å². The number of carbonyl (C=O) groups is 2. The average Bonchev–Trinajstić information content (AvgIpc) is 3.38. The molecule has 6 nitrogen and oxygen atoms in total. The maximum absolute atomic E-state index is 11.9. The van der Waals surface area contributed by atoms with E-state index in [2.05, 4.69) is 10.6 Å². The quantitative estimate of drug-likeness (QED) is 0.622. The number of rotatable bonds is 7. The monoisotopic (exact) mass is 319 g/mol. The summed E-state index contributed by atoms with van der Waals surface area (Å²) in [4.78, 5) is 25.5. The molecular weight excluding hydrogens is 294 g/mol. The molecule has 126 valence electrons. The van der Waals surface area contributed by atoms with Crippen LogP contribution in [0, 0.1) is 5.92 Å². The molecule has 1 aromatic carbocycles. The van der Waals surface area contributed by atoms with Gasteiger partial charge in [-0.1, -0.05) is 30.3 Å². The Kier molecular flexibility index (Phi) is 5.74. The number of likely N-dealkylation sites (N-methyl/N-ethyl adjacent to an activating group) is 1. The molecule has 23 heavy (non-hydrogen) atoms. The summed E-state index contributed by atoms with van der Waals surface area (Å²) in [7, 11) is 3.78. The van der Waals surface area contributed by atoms with Gasteiger partial charge in [0, 0.05) is 13.1 Å². The zero-order valence-corrected chi connectivity index (χ0v) is 13.7. The minimum Gasteiger partial charge on any atom is -0.383 e. The highest BCUT2D eigenvalue weighted by Gasteiger charge is 2.45. The van der Waals surface area contributed by atoms with Crippen LogP contribution in [0.25, 0.3) is 0 Å². The van der Waals surface area contributed by atoms with Crippen LogP contribution in [-0.4, -0.2) is 55.6 Å². The smallest absolute Gasteiger partial charge is 0.309 e. The Morgan fingerprint density at radius 3 is 2.35 bits per heavy atom. The molecule has 2 rings (SSSR count). The van der Waals surface area contributed by atoms with Gasteiger partial charge in [0.2, 0.25) is 0 Å². The highest BCUT2D eigenvalue weighted by atomic mass is 16.3. The van der Waals surface area contributed by atoms with Gasteiger partial charge in [0.05, 0.1) is 6.54 Å². The average molecular weight is 319 g/mol. The summed E-state index contributed by atoms with van der Waals surface area (Å²) in [5.41, 5.74) is -0.336. The minimum absolute atomic E-state index is 0.0433. The lowest BCUT2D eigenvalue weighted by Crippen LogP contribution is -2.48. The van der Waals surface area contributed by atoms with E-state index in [1.165, 1.54) is 0 Å². The molecule has 0 radical (unpaired) electrons. The van der Waals surface area contributed by atoms with E-state index < -0.39 is 17.4 Å². The number of hydrogen-bond donors (Lipinski definition) is 3. The van der Waals surface area contributed by atoms with Crippen LogP contribution in [0.15, 0.2) is 30.3 Å². The normalized spacial score (nSPS) is 16.7. The second-order valence-electron chi connectivity index (χ2n) is 6.31. The molecule has 1 saturated carbocycles. The highest BCUT2D eigenvalue weighted by molar-refractivity contribution is 6.35. The van der Waals surface area contributed by atoms with Gasteiger partial charge < -0.3 is 20.6 Å². The number of hydrogen-bond acceptors (Lipinski definition) is 4. The molecule has 0 saturated heterocycles. The largest absolute Gasteiger partial charge is 0.383 e. The van der Waals surface area contributed by atoms with Crippen LogP contribution in [0.4, 0.5) is 0 Å². The molecule has 0 aliphatic heterocycles. The molecule has 1 unspecified atom stereocenters. The third-order valence-corrected chi connectivity index (χ3v) is 4.10. The first-order valence-corrected chi connectivity index (χ1v) is 7.92. The Morgan fingerprint density at radius 1 is 1.17 bits per heavy atom. The molecule has 1 aromatic rings. The zero-order chi connectivity index (χ0) is 16.9. The highest BCUT2D eigenvalue weighted by Crippen LogP contribution is 2.45. The first-order chi connectivity index (χ1) is 10.9. The molecule has 1 atom stereocenters. The summed E-state index contributed by atoms with van der Waals surface area (Å²) in [5, 5.41) is 16.1. The van der Waals surface area contributed by atoms with Crippen LogP contribution in [0.2, 0.25) is 0 Å². The van der Waals surface area contributed by atoms with Crippen molar-refractivity contribution >= 4 is 11.8 Å². The van der Waals surface area contributed by atoms with Gasteiger partial charge in [0.1, 0.15) is 5.60 Å². The minimum atomic E-state index is -1.11. The Hall–Kier alpha value is -1.92. The topological polar surface area (TPSA) is 81.7 Å². The van der Waals surface area contributed by atoms with Crippen molar-refractivity contribution in [1.82, 2.24) is 15.5 Å². The van der Waals surface area contributed by atoms with Gasteiger partial charge in [-0.2, -0.15) is 0 Å². The van der Waals surface area contributed by atoms with E-state index in [0.717, 1.165) is 18.4 Å². The summed E-state index contributed by atoms with van der Waals surface area (Å²) in [6.45, 7) is 1.11. The fraction of sp³-hybridized carbons (Fsp3) is 0.529. The van der Waals surface area contributed by atoms with Crippen LogP contribution in [0.3, 0.4) is 0 Å². The summed E-state index contributed by atoms with van der Waals surface area (Å²) >= 11 is 0. The maximum atomic E-state index is 11.9. The second-order valence-corrected chi connectivity index (χ2v) is 6.31. The standard InChI is InChI=1S/C17H25N3O3/c1-20(2)11-10-18-15(21)16(22)19-12-17(23,14-8-9-14)13-6-4-3-5-7-13/h3-7,14,23H,8-12H2,1-2H3,(H,18,21)(H,19,22). The van der Waals surface area contributed by atoms with Crippen molar-refractivity contribution in [3.05, 3.63) is 35.9 Å². The van der Waals surface area contributed by atoms with E-state index in [4.69, 9.17) is 0 Å². The molecule has 0 heterocycles. The van der Waals surface area contributed by atoms with Gasteiger partial charge in [-0.3, -0.25) is 9.59 Å². The van der Waals surface area contributed by atoms with E-state index >= 15 is 0 Å². The predicted octanol–water partition coefficient (Wildman–Crippen LogP) is 0.0782. The molecule has 1 fully saturated rings. The molecule has 1 aliphatic carbocycles. The molecule has 3 N–H and O–H groups in total. The summed E-state index contributed by atoms with van der Waals surface area (Å²) in [5.74, 6) is -1.25. The van der Waals surface area contributed by atoms with Crippen LogP contribution in [0.1, 0.15) is 18.4 Å². The van der Waals surface area contributed by atoms with Crippen molar-refractivity contribution in [2.75, 3.05) is 33.7 Å². The first kappa shape index (κ1) is 17.4. The van der Waals surface area contributed by atoms with Crippen molar-refractivity contribution in [2.45, 2.75) is 18.4 Å². The second kappa shape index (κ2) is 7.57. The summed E-state index contributed by atoms with van der Waals surface area (Å²) in [6.07, 6.45) is 1.85. The number of amides is 2. The molecule has 0 spiro atoms. The van der Waals surface area contributed by atoms with Gasteiger partial charge in [-0.25, -0.2) is 0 Å². The van der Waals surface area contributed by atoms with Gasteiger partial charge in [0.25, 0.3) is 0 Å². The van der Waals surface area contributed by atoms with Crippen LogP contribution < -0.4 is 10.6 Å². The fourth-order valence-corrected chi connectivity index (χ4v) is 2.54.